The lowest BCUT2D eigenvalue weighted by atomic mass is 10.1. The van der Waals surface area contributed by atoms with Gasteiger partial charge in [0.2, 0.25) is 5.91 Å². The van der Waals surface area contributed by atoms with E-state index in [1.165, 1.54) is 0 Å². The van der Waals surface area contributed by atoms with Crippen molar-refractivity contribution in [3.8, 4) is 5.75 Å². The van der Waals surface area contributed by atoms with Crippen LogP contribution in [0, 0.1) is 0 Å². The largest absolute Gasteiger partial charge is 0.491 e. The van der Waals surface area contributed by atoms with Crippen molar-refractivity contribution >= 4 is 23.7 Å². The zero-order chi connectivity index (χ0) is 29.5. The van der Waals surface area contributed by atoms with E-state index in [-0.39, 0.29) is 13.0 Å². The van der Waals surface area contributed by atoms with E-state index in [1.54, 1.807) is 39.0 Å². The molecule has 9 heteroatoms. The molecule has 2 aromatic carbocycles. The first-order valence-corrected chi connectivity index (χ1v) is 14.1. The maximum absolute atomic E-state index is 13.4. The molecule has 0 aliphatic rings. The molecule has 2 aromatic rings. The van der Waals surface area contributed by atoms with Gasteiger partial charge in [0, 0.05) is 13.0 Å². The van der Waals surface area contributed by atoms with Crippen LogP contribution in [0.5, 0.6) is 5.75 Å². The first kappa shape index (κ1) is 32.6. The van der Waals surface area contributed by atoms with E-state index in [2.05, 4.69) is 29.4 Å². The molecule has 0 heterocycles. The summed E-state index contributed by atoms with van der Waals surface area (Å²) in [5.41, 5.74) is 0.885. The van der Waals surface area contributed by atoms with Crippen LogP contribution in [0.15, 0.2) is 48.5 Å². The van der Waals surface area contributed by atoms with Crippen LogP contribution < -0.4 is 15.4 Å². The number of unbranched alkanes of at least 4 members (excludes halogenated alkanes) is 1. The topological polar surface area (TPSA) is 106 Å². The van der Waals surface area contributed by atoms with E-state index in [9.17, 15) is 14.4 Å². The fraction of sp³-hybridized carbons (Fsp3) is 0.516. The lowest BCUT2D eigenvalue weighted by Gasteiger charge is -2.24. The first-order chi connectivity index (χ1) is 19.1. The molecule has 0 fully saturated rings. The van der Waals surface area contributed by atoms with E-state index < -0.39 is 29.6 Å². The van der Waals surface area contributed by atoms with Crippen LogP contribution in [-0.2, 0) is 20.7 Å². The van der Waals surface area contributed by atoms with Crippen molar-refractivity contribution in [3.63, 3.8) is 0 Å². The summed E-state index contributed by atoms with van der Waals surface area (Å²) in [6.07, 6.45) is 1.30. The Hall–Kier alpha value is -3.59. The third-order valence-corrected chi connectivity index (χ3v) is 6.06. The SMILES string of the molecule is CCCCOc1cc(C(=O)OCCN(CC)CC)ccc1NC(=O)[C@@H](Cc1ccccc1)NC(=O)OC(C)(C)C. The van der Waals surface area contributed by atoms with Gasteiger partial charge < -0.3 is 29.7 Å². The number of benzene rings is 2. The van der Waals surface area contributed by atoms with Crippen molar-refractivity contribution in [2.45, 2.75) is 72.4 Å². The Morgan fingerprint density at radius 1 is 0.950 bits per heavy atom. The molecule has 0 aromatic heterocycles. The van der Waals surface area contributed by atoms with Crippen molar-refractivity contribution in [1.82, 2.24) is 10.2 Å². The highest BCUT2D eigenvalue weighted by atomic mass is 16.6. The Kier molecular flexibility index (Phi) is 13.5. The zero-order valence-electron chi connectivity index (χ0n) is 24.7. The standard InChI is InChI=1S/C31H45N3O6/c1-7-10-19-38-27-22-24(29(36)39-20-18-34(8-2)9-3)16-17-25(27)32-28(35)26(21-23-14-12-11-13-15-23)33-30(37)40-31(4,5)6/h11-17,22,26H,7-10,18-21H2,1-6H3,(H,32,35)(H,33,37)/t26-/m1/s1. The van der Waals surface area contributed by atoms with Crippen LogP contribution in [0.1, 0.15) is 70.3 Å². The van der Waals surface area contributed by atoms with Crippen LogP contribution in [-0.4, -0.2) is 67.4 Å². The average Bonchev–Trinajstić information content (AvgIpc) is 2.91. The Bertz CT molecular complexity index is 1080. The number of nitrogens with one attached hydrogen (secondary N) is 2. The van der Waals surface area contributed by atoms with Crippen molar-refractivity contribution in [2.75, 3.05) is 38.2 Å². The number of carbonyl (C=O) groups excluding carboxylic acids is 3. The van der Waals surface area contributed by atoms with E-state index in [4.69, 9.17) is 14.2 Å². The first-order valence-electron chi connectivity index (χ1n) is 14.1. The Balaban J connectivity index is 2.23. The van der Waals surface area contributed by atoms with Crippen molar-refractivity contribution < 1.29 is 28.6 Å². The van der Waals surface area contributed by atoms with Gasteiger partial charge in [-0.15, -0.1) is 0 Å². The molecule has 2 rings (SSSR count). The number of likely N-dealkylation sites (N-methyl/N-ethyl adjacent to an activating group) is 1. The molecule has 0 aliphatic carbocycles. The quantitative estimate of drug-likeness (QED) is 0.223. The van der Waals surface area contributed by atoms with Gasteiger partial charge in [0.15, 0.2) is 0 Å². The highest BCUT2D eigenvalue weighted by molar-refractivity contribution is 5.99. The molecule has 220 valence electrons. The number of hydrogen-bond donors (Lipinski definition) is 2. The predicted molar refractivity (Wildman–Crippen MR) is 157 cm³/mol. The lowest BCUT2D eigenvalue weighted by Crippen LogP contribution is -2.47. The highest BCUT2D eigenvalue weighted by Crippen LogP contribution is 2.27. The average molecular weight is 556 g/mol. The summed E-state index contributed by atoms with van der Waals surface area (Å²) in [5.74, 6) is -0.542. The van der Waals surface area contributed by atoms with E-state index in [0.29, 0.717) is 30.2 Å². The van der Waals surface area contributed by atoms with Gasteiger partial charge in [0.1, 0.15) is 24.0 Å². The number of alkyl carbamates (subject to hydrolysis) is 1. The highest BCUT2D eigenvalue weighted by Gasteiger charge is 2.26. The van der Waals surface area contributed by atoms with Crippen LogP contribution >= 0.6 is 0 Å². The van der Waals surface area contributed by atoms with E-state index in [1.807, 2.05) is 37.3 Å². The lowest BCUT2D eigenvalue weighted by molar-refractivity contribution is -0.118. The summed E-state index contributed by atoms with van der Waals surface area (Å²) in [5, 5.41) is 5.57. The maximum atomic E-state index is 13.4. The minimum Gasteiger partial charge on any atom is -0.491 e. The Morgan fingerprint density at radius 3 is 2.27 bits per heavy atom. The number of amides is 2. The van der Waals surface area contributed by atoms with Gasteiger partial charge in [-0.2, -0.15) is 0 Å². The molecule has 0 aliphatic heterocycles. The van der Waals surface area contributed by atoms with Crippen molar-refractivity contribution in [3.05, 3.63) is 59.7 Å². The molecule has 0 bridgehead atoms. The number of hydrogen-bond acceptors (Lipinski definition) is 7. The second-order valence-electron chi connectivity index (χ2n) is 10.5. The third-order valence-electron chi connectivity index (χ3n) is 6.06. The zero-order valence-corrected chi connectivity index (χ0v) is 24.7. The van der Waals surface area contributed by atoms with E-state index >= 15 is 0 Å². The molecular weight excluding hydrogens is 510 g/mol. The third kappa shape index (κ3) is 11.7. The summed E-state index contributed by atoms with van der Waals surface area (Å²) >= 11 is 0. The van der Waals surface area contributed by atoms with E-state index in [0.717, 1.165) is 31.5 Å². The second-order valence-corrected chi connectivity index (χ2v) is 10.5. The molecule has 0 saturated heterocycles. The summed E-state index contributed by atoms with van der Waals surface area (Å²) in [6.45, 7) is 14.6. The number of ether oxygens (including phenoxy) is 3. The van der Waals surface area contributed by atoms with Crippen LogP contribution in [0.2, 0.25) is 0 Å². The van der Waals surface area contributed by atoms with Gasteiger partial charge in [-0.1, -0.05) is 57.5 Å². The predicted octanol–water partition coefficient (Wildman–Crippen LogP) is 5.44. The summed E-state index contributed by atoms with van der Waals surface area (Å²) < 4.78 is 16.8. The monoisotopic (exact) mass is 555 g/mol. The summed E-state index contributed by atoms with van der Waals surface area (Å²) in [7, 11) is 0. The van der Waals surface area contributed by atoms with Crippen LogP contribution in [0.3, 0.4) is 0 Å². The molecule has 0 unspecified atom stereocenters. The Morgan fingerprint density at radius 2 is 1.65 bits per heavy atom. The molecule has 2 N–H and O–H groups in total. The van der Waals surface area contributed by atoms with Gasteiger partial charge in [0.25, 0.3) is 0 Å². The van der Waals surface area contributed by atoms with Gasteiger partial charge in [-0.25, -0.2) is 9.59 Å². The van der Waals surface area contributed by atoms with Crippen molar-refractivity contribution in [2.24, 2.45) is 0 Å². The smallest absolute Gasteiger partial charge is 0.408 e. The fourth-order valence-electron chi connectivity index (χ4n) is 3.82. The van der Waals surface area contributed by atoms with Crippen molar-refractivity contribution in [1.29, 1.82) is 0 Å². The molecule has 40 heavy (non-hydrogen) atoms. The molecule has 1 atom stereocenters. The molecule has 0 saturated carbocycles. The number of anilines is 1. The summed E-state index contributed by atoms with van der Waals surface area (Å²) in [4.78, 5) is 40.9. The van der Waals surface area contributed by atoms with Crippen LogP contribution in [0.25, 0.3) is 0 Å². The number of rotatable bonds is 15. The minimum atomic E-state index is -0.912. The Labute approximate surface area is 238 Å². The molecule has 0 radical (unpaired) electrons. The fourth-order valence-corrected chi connectivity index (χ4v) is 3.82. The number of nitrogens with zero attached hydrogens (tertiary/aromatic N) is 1. The number of carbonyl (C=O) groups is 3. The van der Waals surface area contributed by atoms with Crippen LogP contribution in [0.4, 0.5) is 10.5 Å². The molecule has 0 spiro atoms. The van der Waals surface area contributed by atoms with Gasteiger partial charge in [0.05, 0.1) is 17.9 Å². The molecule has 9 nitrogen and oxygen atoms in total. The maximum Gasteiger partial charge on any atom is 0.408 e. The number of esters is 1. The molecule has 2 amide bonds. The van der Waals surface area contributed by atoms with Gasteiger partial charge in [-0.05, 0) is 64.0 Å². The normalized spacial score (nSPS) is 12.0. The van der Waals surface area contributed by atoms with Gasteiger partial charge >= 0.3 is 12.1 Å². The van der Waals surface area contributed by atoms with Gasteiger partial charge in [-0.3, -0.25) is 4.79 Å². The summed E-state index contributed by atoms with van der Waals surface area (Å²) in [6, 6.07) is 13.3. The second kappa shape index (κ2) is 16.5. The minimum absolute atomic E-state index is 0.259. The molecular formula is C31H45N3O6.